The van der Waals surface area contributed by atoms with Gasteiger partial charge in [0.05, 0.1) is 0 Å². The van der Waals surface area contributed by atoms with E-state index in [-0.39, 0.29) is 11.8 Å². The third-order valence-electron chi connectivity index (χ3n) is 7.88. The number of carboxylic acid groups (broad SMARTS) is 1. The predicted octanol–water partition coefficient (Wildman–Crippen LogP) is 3.60. The van der Waals surface area contributed by atoms with E-state index in [0.29, 0.717) is 31.8 Å². The van der Waals surface area contributed by atoms with Gasteiger partial charge in [-0.05, 0) is 93.5 Å². The van der Waals surface area contributed by atoms with Gasteiger partial charge in [-0.1, -0.05) is 30.3 Å². The number of pyridine rings is 1. The average molecular weight is 491 g/mol. The van der Waals surface area contributed by atoms with Crippen molar-refractivity contribution in [2.75, 3.05) is 25.0 Å². The molecule has 0 saturated heterocycles. The van der Waals surface area contributed by atoms with Gasteiger partial charge in [0.1, 0.15) is 11.9 Å². The molecule has 0 radical (unpaired) electrons. The first-order valence-electron chi connectivity index (χ1n) is 13.6. The summed E-state index contributed by atoms with van der Waals surface area (Å²) in [7, 11) is 0. The van der Waals surface area contributed by atoms with E-state index < -0.39 is 12.0 Å². The van der Waals surface area contributed by atoms with E-state index in [9.17, 15) is 14.7 Å². The van der Waals surface area contributed by atoms with Crippen LogP contribution in [0.15, 0.2) is 36.4 Å². The Morgan fingerprint density at radius 2 is 1.83 bits per heavy atom. The molecule has 1 aromatic heterocycles. The van der Waals surface area contributed by atoms with Crippen LogP contribution in [0.5, 0.6) is 0 Å². The van der Waals surface area contributed by atoms with Crippen molar-refractivity contribution in [3.63, 3.8) is 0 Å². The van der Waals surface area contributed by atoms with Crippen molar-refractivity contribution in [3.8, 4) is 0 Å². The number of aromatic nitrogens is 1. The zero-order chi connectivity index (χ0) is 24.9. The minimum absolute atomic E-state index is 0.136. The molecule has 1 atom stereocenters. The second-order valence-electron chi connectivity index (χ2n) is 10.6. The summed E-state index contributed by atoms with van der Waals surface area (Å²) in [5.41, 5.74) is 4.86. The van der Waals surface area contributed by atoms with Crippen LogP contribution in [0.4, 0.5) is 5.82 Å². The van der Waals surface area contributed by atoms with Crippen molar-refractivity contribution in [2.24, 2.45) is 5.92 Å². The number of hydrogen-bond donors (Lipinski definition) is 3. The van der Waals surface area contributed by atoms with Gasteiger partial charge < -0.3 is 20.6 Å². The number of carbonyl (C=O) groups excluding carboxylic acids is 1. The van der Waals surface area contributed by atoms with Gasteiger partial charge in [0, 0.05) is 30.7 Å². The highest BCUT2D eigenvalue weighted by atomic mass is 16.4. The predicted molar refractivity (Wildman–Crippen MR) is 140 cm³/mol. The topological polar surface area (TPSA) is 94.6 Å². The number of hydrogen-bond acceptors (Lipinski definition) is 5. The molecule has 7 nitrogen and oxygen atoms in total. The van der Waals surface area contributed by atoms with E-state index >= 15 is 0 Å². The SMILES string of the molecule is O=C(NC(CCN(CCCCc1ccc2c(n1)NCCC2)C1CC1)C(=O)O)C1Cc2ccccc2C1. The van der Waals surface area contributed by atoms with Crippen LogP contribution in [0.1, 0.15) is 60.9 Å². The Bertz CT molecular complexity index is 1060. The van der Waals surface area contributed by atoms with Gasteiger partial charge in [0.25, 0.3) is 0 Å². The Morgan fingerprint density at radius 3 is 2.56 bits per heavy atom. The lowest BCUT2D eigenvalue weighted by atomic mass is 10.0. The lowest BCUT2D eigenvalue weighted by Gasteiger charge is -2.25. The van der Waals surface area contributed by atoms with Crippen molar-refractivity contribution in [1.29, 1.82) is 0 Å². The van der Waals surface area contributed by atoms with Gasteiger partial charge in [0.2, 0.25) is 5.91 Å². The summed E-state index contributed by atoms with van der Waals surface area (Å²) in [6.07, 6.45) is 9.56. The summed E-state index contributed by atoms with van der Waals surface area (Å²) < 4.78 is 0. The molecule has 3 aliphatic rings. The standard InChI is InChI=1S/C29H38N4O3/c34-28(23-18-21-6-1-2-7-22(21)19-23)32-26(29(35)36)14-17-33(25-12-13-25)16-4-3-9-24-11-10-20-8-5-15-30-27(20)31-24/h1-2,6-7,10-11,23,25-26H,3-5,8-9,12-19H2,(H,30,31)(H,32,34)(H,35,36). The van der Waals surface area contributed by atoms with Crippen molar-refractivity contribution in [3.05, 3.63) is 58.8 Å². The van der Waals surface area contributed by atoms with E-state index in [2.05, 4.69) is 39.8 Å². The first kappa shape index (κ1) is 24.8. The van der Waals surface area contributed by atoms with Crippen molar-refractivity contribution in [2.45, 2.75) is 76.3 Å². The Balaban J connectivity index is 1.07. The molecule has 5 rings (SSSR count). The van der Waals surface area contributed by atoms with Crippen molar-refractivity contribution < 1.29 is 14.7 Å². The zero-order valence-electron chi connectivity index (χ0n) is 21.0. The number of nitrogens with zero attached hydrogens (tertiary/aromatic N) is 2. The third-order valence-corrected chi connectivity index (χ3v) is 7.88. The Labute approximate surface area is 213 Å². The second-order valence-corrected chi connectivity index (χ2v) is 10.6. The van der Waals surface area contributed by atoms with Crippen LogP contribution >= 0.6 is 0 Å². The van der Waals surface area contributed by atoms with Crippen LogP contribution in [0.25, 0.3) is 0 Å². The molecular formula is C29H38N4O3. The largest absolute Gasteiger partial charge is 0.480 e. The van der Waals surface area contributed by atoms with Crippen LogP contribution < -0.4 is 10.6 Å². The number of rotatable bonds is 12. The van der Waals surface area contributed by atoms with E-state index in [1.807, 2.05) is 12.1 Å². The molecule has 192 valence electrons. The number of unbranched alkanes of at least 4 members (excludes halogenated alkanes) is 1. The van der Waals surface area contributed by atoms with Gasteiger partial charge in [-0.2, -0.15) is 0 Å². The highest BCUT2D eigenvalue weighted by Crippen LogP contribution is 2.29. The van der Waals surface area contributed by atoms with Crippen LogP contribution in [-0.4, -0.2) is 58.6 Å². The zero-order valence-corrected chi connectivity index (χ0v) is 21.0. The van der Waals surface area contributed by atoms with E-state index in [4.69, 9.17) is 4.98 Å². The van der Waals surface area contributed by atoms with Crippen molar-refractivity contribution in [1.82, 2.24) is 15.2 Å². The Kier molecular flexibility index (Phi) is 7.85. The van der Waals surface area contributed by atoms with Crippen LogP contribution in [0.3, 0.4) is 0 Å². The van der Waals surface area contributed by atoms with Crippen LogP contribution in [-0.2, 0) is 35.3 Å². The summed E-state index contributed by atoms with van der Waals surface area (Å²) >= 11 is 0. The molecule has 2 aliphatic carbocycles. The average Bonchev–Trinajstić information content (AvgIpc) is 3.64. The van der Waals surface area contributed by atoms with Crippen LogP contribution in [0, 0.1) is 5.92 Å². The number of nitrogens with one attached hydrogen (secondary N) is 2. The summed E-state index contributed by atoms with van der Waals surface area (Å²) in [5.74, 6) is -0.192. The molecular weight excluding hydrogens is 452 g/mol. The van der Waals surface area contributed by atoms with Gasteiger partial charge in [-0.25, -0.2) is 9.78 Å². The molecule has 0 bridgehead atoms. The lowest BCUT2D eigenvalue weighted by molar-refractivity contribution is -0.142. The number of aliphatic carboxylic acids is 1. The molecule has 1 aliphatic heterocycles. The normalized spacial score (nSPS) is 17.8. The molecule has 0 spiro atoms. The van der Waals surface area contributed by atoms with Gasteiger partial charge in [0.15, 0.2) is 0 Å². The fraction of sp³-hybridized carbons (Fsp3) is 0.552. The minimum Gasteiger partial charge on any atom is -0.480 e. The number of amides is 1. The highest BCUT2D eigenvalue weighted by molar-refractivity contribution is 5.85. The van der Waals surface area contributed by atoms with Crippen LogP contribution in [0.2, 0.25) is 0 Å². The summed E-state index contributed by atoms with van der Waals surface area (Å²) in [5, 5.41) is 16.0. The smallest absolute Gasteiger partial charge is 0.326 e. The number of benzene rings is 1. The monoisotopic (exact) mass is 490 g/mol. The molecule has 1 unspecified atom stereocenters. The maximum Gasteiger partial charge on any atom is 0.326 e. The van der Waals surface area contributed by atoms with Gasteiger partial charge in [-0.3, -0.25) is 4.79 Å². The van der Waals surface area contributed by atoms with Gasteiger partial charge >= 0.3 is 5.97 Å². The number of aryl methyl sites for hydroxylation is 2. The number of carbonyl (C=O) groups is 2. The second kappa shape index (κ2) is 11.4. The Hall–Kier alpha value is -2.93. The maximum atomic E-state index is 12.9. The van der Waals surface area contributed by atoms with E-state index in [1.54, 1.807) is 0 Å². The fourth-order valence-electron chi connectivity index (χ4n) is 5.63. The molecule has 1 amide bonds. The van der Waals surface area contributed by atoms with Crippen molar-refractivity contribution >= 4 is 17.7 Å². The third kappa shape index (κ3) is 6.25. The van der Waals surface area contributed by atoms with Gasteiger partial charge in [-0.15, -0.1) is 0 Å². The van der Waals surface area contributed by atoms with E-state index in [0.717, 1.165) is 50.3 Å². The molecule has 1 fully saturated rings. The first-order chi connectivity index (χ1) is 17.6. The molecule has 3 N–H and O–H groups in total. The molecule has 2 aromatic rings. The summed E-state index contributed by atoms with van der Waals surface area (Å²) in [6.45, 7) is 2.67. The molecule has 7 heteroatoms. The first-order valence-corrected chi connectivity index (χ1v) is 13.6. The lowest BCUT2D eigenvalue weighted by Crippen LogP contribution is -2.46. The quantitative estimate of drug-likeness (QED) is 0.394. The maximum absolute atomic E-state index is 12.9. The molecule has 1 aromatic carbocycles. The summed E-state index contributed by atoms with van der Waals surface area (Å²) in [4.78, 5) is 32.0. The number of anilines is 1. The molecule has 1 saturated carbocycles. The fourth-order valence-corrected chi connectivity index (χ4v) is 5.63. The van der Waals surface area contributed by atoms with E-state index in [1.165, 1.54) is 36.0 Å². The molecule has 36 heavy (non-hydrogen) atoms. The molecule has 2 heterocycles. The minimum atomic E-state index is -0.943. The number of fused-ring (bicyclic) bond motifs is 2. The Morgan fingerprint density at radius 1 is 1.06 bits per heavy atom. The highest BCUT2D eigenvalue weighted by Gasteiger charge is 2.32. The number of carboxylic acids is 1. The summed E-state index contributed by atoms with van der Waals surface area (Å²) in [6, 6.07) is 12.2.